The summed E-state index contributed by atoms with van der Waals surface area (Å²) in [6.45, 7) is 0. The quantitative estimate of drug-likeness (QED) is 0.734. The molecule has 0 aromatic heterocycles. The first-order valence-electron chi connectivity index (χ1n) is 7.28. The van der Waals surface area contributed by atoms with Gasteiger partial charge in [-0.25, -0.2) is 0 Å². The summed E-state index contributed by atoms with van der Waals surface area (Å²) in [6, 6.07) is 1.64. The Morgan fingerprint density at radius 1 is 0.812 bits per heavy atom. The monoisotopic (exact) mass is 226 g/mol. The number of methoxy groups -OCH3 is 1. The van der Waals surface area contributed by atoms with Crippen LogP contribution in [-0.2, 0) is 4.74 Å². The molecule has 2 nitrogen and oxygen atoms in total. The van der Waals surface area contributed by atoms with Gasteiger partial charge in [-0.2, -0.15) is 0 Å². The molecule has 2 saturated carbocycles. The van der Waals surface area contributed by atoms with Gasteiger partial charge in [0, 0.05) is 13.5 Å². The van der Waals surface area contributed by atoms with Crippen LogP contribution in [0.25, 0.3) is 0 Å². The molecule has 2 heteroatoms. The van der Waals surface area contributed by atoms with Crippen LogP contribution in [0, 0.1) is 0 Å². The smallest absolute Gasteiger partial charge is 0.113 e. The molecule has 2 N–H and O–H groups in total. The molecule has 0 bridgehead atoms. The third-order valence-electron chi connectivity index (χ3n) is 4.48. The predicted octanol–water partition coefficient (Wildman–Crippen LogP) is 2.23. The van der Waals surface area contributed by atoms with Crippen LogP contribution < -0.4 is 5.32 Å². The third kappa shape index (κ3) is 3.46. The minimum atomic E-state index is 0.525. The Balaban J connectivity index is 1.81. The number of nitrogens with two attached hydrogens (primary N) is 1. The van der Waals surface area contributed by atoms with Crippen LogP contribution in [-0.4, -0.2) is 25.3 Å². The maximum atomic E-state index is 5.65. The van der Waals surface area contributed by atoms with Crippen LogP contribution in [0.15, 0.2) is 0 Å². The fourth-order valence-electron chi connectivity index (χ4n) is 3.49. The minimum absolute atomic E-state index is 0.525. The second-order valence-electron chi connectivity index (χ2n) is 5.67. The zero-order valence-corrected chi connectivity index (χ0v) is 10.8. The van der Waals surface area contributed by atoms with Crippen molar-refractivity contribution >= 4 is 0 Å². The van der Waals surface area contributed by atoms with Gasteiger partial charge in [-0.05, 0) is 38.5 Å². The Labute approximate surface area is 100 Å². The highest BCUT2D eigenvalue weighted by atomic mass is 16.5. The van der Waals surface area contributed by atoms with E-state index in [1.165, 1.54) is 64.2 Å². The lowest BCUT2D eigenvalue weighted by Crippen LogP contribution is -2.97. The van der Waals surface area contributed by atoms with E-state index in [9.17, 15) is 0 Å². The zero-order chi connectivity index (χ0) is 11.2. The van der Waals surface area contributed by atoms with E-state index in [2.05, 4.69) is 5.32 Å². The van der Waals surface area contributed by atoms with Gasteiger partial charge in [-0.1, -0.05) is 19.3 Å². The lowest BCUT2D eigenvalue weighted by Gasteiger charge is -2.31. The standard InChI is InChI=1S/C14H27NO/c1-16-14-11-7-6-10-13(14)15-12-8-4-2-3-5-9-12/h12-15H,2-11H2,1H3/p+1/t13-,14-/m0/s1. The molecule has 0 aromatic carbocycles. The largest absolute Gasteiger partial charge is 0.375 e. The normalized spacial score (nSPS) is 33.6. The molecule has 2 atom stereocenters. The first-order valence-corrected chi connectivity index (χ1v) is 7.28. The van der Waals surface area contributed by atoms with Crippen molar-refractivity contribution in [3.63, 3.8) is 0 Å². The average molecular weight is 226 g/mol. The van der Waals surface area contributed by atoms with E-state index in [1.54, 1.807) is 0 Å². The molecule has 2 rings (SSSR count). The van der Waals surface area contributed by atoms with Gasteiger partial charge in [-0.3, -0.25) is 0 Å². The molecular formula is C14H28NO+. The Hall–Kier alpha value is -0.0800. The van der Waals surface area contributed by atoms with Crippen molar-refractivity contribution in [3.8, 4) is 0 Å². The van der Waals surface area contributed by atoms with Crippen molar-refractivity contribution in [3.05, 3.63) is 0 Å². The summed E-state index contributed by atoms with van der Waals surface area (Å²) < 4.78 is 5.65. The molecule has 0 heterocycles. The molecule has 0 saturated heterocycles. The molecule has 2 aliphatic rings. The summed E-state index contributed by atoms with van der Waals surface area (Å²) in [6.07, 6.45) is 14.7. The van der Waals surface area contributed by atoms with Crippen LogP contribution in [0.5, 0.6) is 0 Å². The van der Waals surface area contributed by atoms with E-state index in [0.29, 0.717) is 6.10 Å². The Morgan fingerprint density at radius 2 is 1.44 bits per heavy atom. The molecule has 16 heavy (non-hydrogen) atoms. The maximum absolute atomic E-state index is 5.65. The van der Waals surface area contributed by atoms with Gasteiger partial charge >= 0.3 is 0 Å². The highest BCUT2D eigenvalue weighted by Gasteiger charge is 2.30. The van der Waals surface area contributed by atoms with Gasteiger partial charge in [0.2, 0.25) is 0 Å². The highest BCUT2D eigenvalue weighted by Crippen LogP contribution is 2.20. The summed E-state index contributed by atoms with van der Waals surface area (Å²) in [5, 5.41) is 2.67. The molecule has 0 radical (unpaired) electrons. The first kappa shape index (κ1) is 12.4. The molecule has 2 aliphatic carbocycles. The Morgan fingerprint density at radius 3 is 2.12 bits per heavy atom. The minimum Gasteiger partial charge on any atom is -0.375 e. The average Bonchev–Trinajstić information content (AvgIpc) is 2.58. The lowest BCUT2D eigenvalue weighted by molar-refractivity contribution is -0.730. The number of hydrogen-bond donors (Lipinski definition) is 1. The van der Waals surface area contributed by atoms with Crippen molar-refractivity contribution in [2.24, 2.45) is 0 Å². The highest BCUT2D eigenvalue weighted by molar-refractivity contribution is 4.75. The SMILES string of the molecule is CO[C@H]1CCCC[C@@H]1[NH2+]C1CCCCCC1. The van der Waals surface area contributed by atoms with Crippen molar-refractivity contribution in [1.82, 2.24) is 0 Å². The lowest BCUT2D eigenvalue weighted by atomic mass is 9.91. The van der Waals surface area contributed by atoms with Crippen LogP contribution in [0.2, 0.25) is 0 Å². The van der Waals surface area contributed by atoms with Gasteiger partial charge in [-0.15, -0.1) is 0 Å². The summed E-state index contributed by atoms with van der Waals surface area (Å²) in [5.41, 5.74) is 0. The predicted molar refractivity (Wildman–Crippen MR) is 66.5 cm³/mol. The fraction of sp³-hybridized carbons (Fsp3) is 1.00. The number of quaternary nitrogens is 1. The zero-order valence-electron chi connectivity index (χ0n) is 10.8. The molecule has 0 spiro atoms. The van der Waals surface area contributed by atoms with Crippen LogP contribution >= 0.6 is 0 Å². The van der Waals surface area contributed by atoms with Gasteiger partial charge in [0.25, 0.3) is 0 Å². The van der Waals surface area contributed by atoms with Crippen LogP contribution in [0.4, 0.5) is 0 Å². The van der Waals surface area contributed by atoms with Crippen molar-refractivity contribution in [1.29, 1.82) is 0 Å². The van der Waals surface area contributed by atoms with E-state index in [-0.39, 0.29) is 0 Å². The Bertz CT molecular complexity index is 187. The molecular weight excluding hydrogens is 198 g/mol. The van der Waals surface area contributed by atoms with Gasteiger partial charge in [0.1, 0.15) is 12.1 Å². The van der Waals surface area contributed by atoms with Crippen molar-refractivity contribution < 1.29 is 10.1 Å². The van der Waals surface area contributed by atoms with E-state index in [0.717, 1.165) is 12.1 Å². The van der Waals surface area contributed by atoms with Gasteiger partial charge in [0.05, 0.1) is 6.04 Å². The fourth-order valence-corrected chi connectivity index (χ4v) is 3.49. The van der Waals surface area contributed by atoms with Crippen LogP contribution in [0.1, 0.15) is 64.2 Å². The summed E-state index contributed by atoms with van der Waals surface area (Å²) >= 11 is 0. The van der Waals surface area contributed by atoms with E-state index < -0.39 is 0 Å². The summed E-state index contributed by atoms with van der Waals surface area (Å²) in [5.74, 6) is 0. The van der Waals surface area contributed by atoms with Crippen LogP contribution in [0.3, 0.4) is 0 Å². The van der Waals surface area contributed by atoms with Crippen molar-refractivity contribution in [2.75, 3.05) is 7.11 Å². The van der Waals surface area contributed by atoms with Gasteiger partial charge in [0.15, 0.2) is 0 Å². The molecule has 0 aromatic rings. The maximum Gasteiger partial charge on any atom is 0.113 e. The van der Waals surface area contributed by atoms with E-state index in [4.69, 9.17) is 4.74 Å². The second-order valence-corrected chi connectivity index (χ2v) is 5.67. The molecule has 94 valence electrons. The Kier molecular flexibility index (Phi) is 5.11. The second kappa shape index (κ2) is 6.61. The number of rotatable bonds is 3. The third-order valence-corrected chi connectivity index (χ3v) is 4.48. The molecule has 0 unspecified atom stereocenters. The first-order chi connectivity index (χ1) is 7.90. The molecule has 0 amide bonds. The number of hydrogen-bond acceptors (Lipinski definition) is 1. The van der Waals surface area contributed by atoms with E-state index >= 15 is 0 Å². The van der Waals surface area contributed by atoms with E-state index in [1.807, 2.05) is 7.11 Å². The molecule has 0 aliphatic heterocycles. The molecule has 2 fully saturated rings. The van der Waals surface area contributed by atoms with Gasteiger partial charge < -0.3 is 10.1 Å². The summed E-state index contributed by atoms with van der Waals surface area (Å²) in [4.78, 5) is 0. The topological polar surface area (TPSA) is 25.8 Å². The summed E-state index contributed by atoms with van der Waals surface area (Å²) in [7, 11) is 1.89. The number of ether oxygens (including phenoxy) is 1. The van der Waals surface area contributed by atoms with Crippen molar-refractivity contribution in [2.45, 2.75) is 82.4 Å².